The van der Waals surface area contributed by atoms with Crippen LogP contribution < -0.4 is 0 Å². The highest BCUT2D eigenvalue weighted by molar-refractivity contribution is 8.03. The standard InChI is InChI=1S/C12H14O6S/c1-16-7(13)5-6-8(14)10(17-2)11(18-3)9(15)12(6)19-4/h5H2,1-4H3. The fourth-order valence-corrected chi connectivity index (χ4v) is 2.34. The van der Waals surface area contributed by atoms with Crippen molar-refractivity contribution in [1.29, 1.82) is 0 Å². The largest absolute Gasteiger partial charge is 0.489 e. The number of carbonyl (C=O) groups excluding carboxylic acids is 3. The zero-order valence-corrected chi connectivity index (χ0v) is 11.9. The Morgan fingerprint density at radius 3 is 2.00 bits per heavy atom. The summed E-state index contributed by atoms with van der Waals surface area (Å²) in [5, 5.41) is 0. The molecular formula is C12H14O6S. The molecule has 0 spiro atoms. The van der Waals surface area contributed by atoms with E-state index in [0.717, 1.165) is 11.8 Å². The summed E-state index contributed by atoms with van der Waals surface area (Å²) in [5.74, 6) is -1.94. The van der Waals surface area contributed by atoms with Crippen LogP contribution in [-0.4, -0.2) is 45.1 Å². The van der Waals surface area contributed by atoms with Gasteiger partial charge in [-0.1, -0.05) is 0 Å². The SMILES string of the molecule is COC(=O)CC1=C(SC)C(=O)C(OC)=C(OC)C1=O. The molecule has 0 fully saturated rings. The van der Waals surface area contributed by atoms with Crippen LogP contribution in [0.5, 0.6) is 0 Å². The number of esters is 1. The number of carbonyl (C=O) groups is 3. The molecule has 6 nitrogen and oxygen atoms in total. The molecule has 0 bridgehead atoms. The van der Waals surface area contributed by atoms with Gasteiger partial charge in [0.15, 0.2) is 0 Å². The molecule has 0 heterocycles. The van der Waals surface area contributed by atoms with Gasteiger partial charge in [0.1, 0.15) is 0 Å². The van der Waals surface area contributed by atoms with Crippen LogP contribution in [0.2, 0.25) is 0 Å². The molecule has 1 aliphatic carbocycles. The van der Waals surface area contributed by atoms with Crippen LogP contribution in [0.4, 0.5) is 0 Å². The first-order valence-electron chi connectivity index (χ1n) is 5.27. The molecule has 0 amide bonds. The summed E-state index contributed by atoms with van der Waals surface area (Å²) < 4.78 is 14.3. The Morgan fingerprint density at radius 1 is 1.05 bits per heavy atom. The van der Waals surface area contributed by atoms with Gasteiger partial charge in [0.05, 0.1) is 32.7 Å². The van der Waals surface area contributed by atoms with Crippen molar-refractivity contribution < 1.29 is 28.6 Å². The van der Waals surface area contributed by atoms with Crippen LogP contribution in [-0.2, 0) is 28.6 Å². The first-order chi connectivity index (χ1) is 9.01. The lowest BCUT2D eigenvalue weighted by molar-refractivity contribution is -0.140. The summed E-state index contributed by atoms with van der Waals surface area (Å²) in [6.45, 7) is 0. The number of hydrogen-bond acceptors (Lipinski definition) is 7. The molecule has 0 aromatic carbocycles. The lowest BCUT2D eigenvalue weighted by Gasteiger charge is -2.20. The van der Waals surface area contributed by atoms with Crippen LogP contribution >= 0.6 is 11.8 Å². The Morgan fingerprint density at radius 2 is 1.58 bits per heavy atom. The normalized spacial score (nSPS) is 15.8. The number of hydrogen-bond donors (Lipinski definition) is 0. The summed E-state index contributed by atoms with van der Waals surface area (Å²) >= 11 is 1.08. The van der Waals surface area contributed by atoms with E-state index in [-0.39, 0.29) is 28.4 Å². The maximum atomic E-state index is 12.2. The average Bonchev–Trinajstić information content (AvgIpc) is 2.42. The van der Waals surface area contributed by atoms with Gasteiger partial charge in [0.2, 0.25) is 23.1 Å². The van der Waals surface area contributed by atoms with Crippen molar-refractivity contribution in [2.24, 2.45) is 0 Å². The van der Waals surface area contributed by atoms with E-state index in [1.807, 2.05) is 0 Å². The first-order valence-corrected chi connectivity index (χ1v) is 6.49. The molecule has 0 atom stereocenters. The monoisotopic (exact) mass is 286 g/mol. The van der Waals surface area contributed by atoms with Crippen LogP contribution in [0.3, 0.4) is 0 Å². The molecule has 19 heavy (non-hydrogen) atoms. The molecule has 0 unspecified atom stereocenters. The van der Waals surface area contributed by atoms with Crippen molar-refractivity contribution in [3.05, 3.63) is 22.0 Å². The molecule has 104 valence electrons. The third-order valence-corrected chi connectivity index (χ3v) is 3.37. The minimum atomic E-state index is -0.598. The van der Waals surface area contributed by atoms with Crippen molar-refractivity contribution >= 4 is 29.3 Å². The summed E-state index contributed by atoms with van der Waals surface area (Å²) in [6.07, 6.45) is 1.37. The minimum absolute atomic E-state index is 0.0713. The second kappa shape index (κ2) is 6.42. The summed E-state index contributed by atoms with van der Waals surface area (Å²) in [7, 11) is 3.76. The highest BCUT2D eigenvalue weighted by Crippen LogP contribution is 2.32. The Balaban J connectivity index is 3.30. The number of thioether (sulfide) groups is 1. The molecular weight excluding hydrogens is 272 g/mol. The topological polar surface area (TPSA) is 78.9 Å². The van der Waals surface area contributed by atoms with E-state index >= 15 is 0 Å². The molecule has 0 aromatic heterocycles. The van der Waals surface area contributed by atoms with E-state index in [1.165, 1.54) is 21.3 Å². The lowest BCUT2D eigenvalue weighted by Crippen LogP contribution is -2.26. The predicted molar refractivity (Wildman–Crippen MR) is 68.2 cm³/mol. The highest BCUT2D eigenvalue weighted by atomic mass is 32.2. The lowest BCUT2D eigenvalue weighted by atomic mass is 9.97. The van der Waals surface area contributed by atoms with Gasteiger partial charge in [-0.05, 0) is 6.26 Å². The quantitative estimate of drug-likeness (QED) is 0.547. The summed E-state index contributed by atoms with van der Waals surface area (Å²) in [6, 6.07) is 0. The Bertz CT molecular complexity index is 488. The zero-order chi connectivity index (χ0) is 14.6. The van der Waals surface area contributed by atoms with E-state index < -0.39 is 17.5 Å². The Hall–Kier alpha value is -1.76. The number of Topliss-reactive ketones (excluding diaryl/α,β-unsaturated/α-hetero) is 2. The maximum Gasteiger partial charge on any atom is 0.310 e. The van der Waals surface area contributed by atoms with Crippen LogP contribution in [0, 0.1) is 0 Å². The van der Waals surface area contributed by atoms with Gasteiger partial charge in [-0.2, -0.15) is 0 Å². The predicted octanol–water partition coefficient (Wildman–Crippen LogP) is 0.823. The molecule has 0 aromatic rings. The number of ether oxygens (including phenoxy) is 3. The molecule has 0 saturated carbocycles. The fourth-order valence-electron chi connectivity index (χ4n) is 1.65. The molecule has 7 heteroatoms. The van der Waals surface area contributed by atoms with Gasteiger partial charge in [-0.3, -0.25) is 14.4 Å². The van der Waals surface area contributed by atoms with E-state index in [4.69, 9.17) is 9.47 Å². The van der Waals surface area contributed by atoms with Gasteiger partial charge >= 0.3 is 5.97 Å². The minimum Gasteiger partial charge on any atom is -0.489 e. The van der Waals surface area contributed by atoms with Gasteiger partial charge < -0.3 is 14.2 Å². The third-order valence-electron chi connectivity index (χ3n) is 2.53. The van der Waals surface area contributed by atoms with Crippen LogP contribution in [0.15, 0.2) is 22.0 Å². The molecule has 1 aliphatic rings. The summed E-state index contributed by atoms with van der Waals surface area (Å²) in [4.78, 5) is 35.8. The molecule has 0 aliphatic heterocycles. The van der Waals surface area contributed by atoms with Crippen molar-refractivity contribution in [2.75, 3.05) is 27.6 Å². The van der Waals surface area contributed by atoms with Gasteiger partial charge in [-0.25, -0.2) is 0 Å². The number of ketones is 2. The number of rotatable bonds is 5. The average molecular weight is 286 g/mol. The van der Waals surface area contributed by atoms with Crippen molar-refractivity contribution in [2.45, 2.75) is 6.42 Å². The second-order valence-corrected chi connectivity index (χ2v) is 4.31. The van der Waals surface area contributed by atoms with Crippen molar-refractivity contribution in [1.82, 2.24) is 0 Å². The van der Waals surface area contributed by atoms with Crippen LogP contribution in [0.1, 0.15) is 6.42 Å². The van der Waals surface area contributed by atoms with E-state index in [1.54, 1.807) is 6.26 Å². The van der Waals surface area contributed by atoms with Crippen LogP contribution in [0.25, 0.3) is 0 Å². The first kappa shape index (κ1) is 15.3. The fraction of sp³-hybridized carbons (Fsp3) is 0.417. The van der Waals surface area contributed by atoms with Gasteiger partial charge in [0, 0.05) is 5.57 Å². The number of methoxy groups -OCH3 is 3. The summed E-state index contributed by atoms with van der Waals surface area (Å²) in [5.41, 5.74) is 0.0713. The molecule has 1 rings (SSSR count). The van der Waals surface area contributed by atoms with E-state index in [9.17, 15) is 14.4 Å². The molecule has 0 saturated heterocycles. The van der Waals surface area contributed by atoms with E-state index in [2.05, 4.69) is 4.74 Å². The smallest absolute Gasteiger partial charge is 0.310 e. The third kappa shape index (κ3) is 2.81. The Kier molecular flexibility index (Phi) is 5.17. The highest BCUT2D eigenvalue weighted by Gasteiger charge is 2.37. The number of allylic oxidation sites excluding steroid dienone is 2. The van der Waals surface area contributed by atoms with Gasteiger partial charge in [-0.15, -0.1) is 11.8 Å². The zero-order valence-electron chi connectivity index (χ0n) is 11.1. The second-order valence-electron chi connectivity index (χ2n) is 3.49. The van der Waals surface area contributed by atoms with E-state index in [0.29, 0.717) is 0 Å². The maximum absolute atomic E-state index is 12.2. The van der Waals surface area contributed by atoms with Crippen molar-refractivity contribution in [3.8, 4) is 0 Å². The molecule has 0 N–H and O–H groups in total. The molecule has 0 radical (unpaired) electrons. The van der Waals surface area contributed by atoms with Crippen molar-refractivity contribution in [3.63, 3.8) is 0 Å². The van der Waals surface area contributed by atoms with Gasteiger partial charge in [0.25, 0.3) is 0 Å². The Labute approximate surface area is 114 Å².